The van der Waals surface area contributed by atoms with E-state index in [4.69, 9.17) is 17.3 Å². The fourth-order valence-corrected chi connectivity index (χ4v) is 5.12. The SMILES string of the molecule is Cc1ccc(S(=O)(=O)c2sc(N)nc2-c2ccc(F)cc2Cl)cc1. The second-order valence-electron chi connectivity index (χ2n) is 5.13. The highest BCUT2D eigenvalue weighted by molar-refractivity contribution is 7.93. The van der Waals surface area contributed by atoms with Crippen molar-refractivity contribution in [1.82, 2.24) is 4.98 Å². The molecular formula is C16H12ClFN2O2S2. The number of nitrogen functional groups attached to an aromatic ring is 1. The van der Waals surface area contributed by atoms with Crippen molar-refractivity contribution in [2.45, 2.75) is 16.0 Å². The summed E-state index contributed by atoms with van der Waals surface area (Å²) < 4.78 is 39.1. The van der Waals surface area contributed by atoms with E-state index >= 15 is 0 Å². The number of anilines is 1. The number of halogens is 2. The standard InChI is InChI=1S/C16H12ClFN2O2S2/c1-9-2-5-11(6-3-9)24(21,22)15-14(20-16(19)23-15)12-7-4-10(18)8-13(12)17/h2-8H,1H3,(H2,19,20). The Morgan fingerprint density at radius 2 is 1.83 bits per heavy atom. The summed E-state index contributed by atoms with van der Waals surface area (Å²) in [6.45, 7) is 1.87. The molecule has 0 bridgehead atoms. The largest absolute Gasteiger partial charge is 0.375 e. The van der Waals surface area contributed by atoms with Crippen LogP contribution >= 0.6 is 22.9 Å². The van der Waals surface area contributed by atoms with Crippen molar-refractivity contribution in [3.8, 4) is 11.3 Å². The monoisotopic (exact) mass is 382 g/mol. The van der Waals surface area contributed by atoms with Crippen LogP contribution in [0.4, 0.5) is 9.52 Å². The molecule has 0 aliphatic heterocycles. The highest BCUT2D eigenvalue weighted by atomic mass is 35.5. The molecule has 3 aromatic rings. The van der Waals surface area contributed by atoms with Crippen molar-refractivity contribution in [1.29, 1.82) is 0 Å². The van der Waals surface area contributed by atoms with Crippen molar-refractivity contribution in [3.63, 3.8) is 0 Å². The van der Waals surface area contributed by atoms with Gasteiger partial charge < -0.3 is 5.73 Å². The number of hydrogen-bond donors (Lipinski definition) is 1. The molecule has 0 spiro atoms. The van der Waals surface area contributed by atoms with Gasteiger partial charge in [0, 0.05) is 5.56 Å². The van der Waals surface area contributed by atoms with Crippen LogP contribution in [0, 0.1) is 12.7 Å². The zero-order valence-electron chi connectivity index (χ0n) is 12.5. The Labute approximate surface area is 147 Å². The van der Waals surface area contributed by atoms with E-state index in [2.05, 4.69) is 4.98 Å². The number of sulfone groups is 1. The number of benzene rings is 2. The van der Waals surface area contributed by atoms with E-state index in [0.717, 1.165) is 23.0 Å². The van der Waals surface area contributed by atoms with Crippen LogP contribution in [-0.2, 0) is 9.84 Å². The quantitative estimate of drug-likeness (QED) is 0.731. The van der Waals surface area contributed by atoms with Crippen molar-refractivity contribution in [2.24, 2.45) is 0 Å². The number of hydrogen-bond acceptors (Lipinski definition) is 5. The number of rotatable bonds is 3. The van der Waals surface area contributed by atoms with Crippen LogP contribution in [0.5, 0.6) is 0 Å². The Kier molecular flexibility index (Phi) is 4.33. The molecule has 1 heterocycles. The third-order valence-electron chi connectivity index (χ3n) is 3.37. The lowest BCUT2D eigenvalue weighted by molar-refractivity contribution is 0.598. The summed E-state index contributed by atoms with van der Waals surface area (Å²) in [4.78, 5) is 4.23. The average molecular weight is 383 g/mol. The fourth-order valence-electron chi connectivity index (χ4n) is 2.18. The molecule has 0 aliphatic carbocycles. The van der Waals surface area contributed by atoms with Gasteiger partial charge in [0.05, 0.1) is 9.92 Å². The molecule has 0 atom stereocenters. The summed E-state index contributed by atoms with van der Waals surface area (Å²) in [5.41, 5.74) is 7.11. The van der Waals surface area contributed by atoms with Gasteiger partial charge in [0.1, 0.15) is 11.5 Å². The first-order valence-corrected chi connectivity index (χ1v) is 9.50. The van der Waals surface area contributed by atoms with Crippen molar-refractivity contribution in [2.75, 3.05) is 5.73 Å². The third kappa shape index (κ3) is 3.02. The van der Waals surface area contributed by atoms with Crippen LogP contribution in [0.2, 0.25) is 5.02 Å². The minimum Gasteiger partial charge on any atom is -0.375 e. The van der Waals surface area contributed by atoms with E-state index in [1.807, 2.05) is 6.92 Å². The van der Waals surface area contributed by atoms with Crippen molar-refractivity contribution >= 4 is 37.9 Å². The number of nitrogens with zero attached hydrogens (tertiary/aromatic N) is 1. The maximum absolute atomic E-state index is 13.3. The summed E-state index contributed by atoms with van der Waals surface area (Å²) in [6.07, 6.45) is 0. The summed E-state index contributed by atoms with van der Waals surface area (Å²) in [5.74, 6) is -0.519. The van der Waals surface area contributed by atoms with E-state index in [9.17, 15) is 12.8 Å². The maximum atomic E-state index is 13.3. The fraction of sp³-hybridized carbons (Fsp3) is 0.0625. The minimum atomic E-state index is -3.82. The lowest BCUT2D eigenvalue weighted by Gasteiger charge is -2.07. The van der Waals surface area contributed by atoms with E-state index in [1.165, 1.54) is 24.3 Å². The first-order chi connectivity index (χ1) is 11.3. The van der Waals surface area contributed by atoms with Gasteiger partial charge in [-0.3, -0.25) is 0 Å². The van der Waals surface area contributed by atoms with Gasteiger partial charge in [-0.1, -0.05) is 40.6 Å². The van der Waals surface area contributed by atoms with Gasteiger partial charge in [-0.15, -0.1) is 0 Å². The molecule has 4 nitrogen and oxygen atoms in total. The Morgan fingerprint density at radius 3 is 2.46 bits per heavy atom. The summed E-state index contributed by atoms with van der Waals surface area (Å²) in [5, 5.41) is 0.164. The number of nitrogens with two attached hydrogens (primary N) is 1. The molecule has 124 valence electrons. The van der Waals surface area contributed by atoms with Crippen LogP contribution in [0.15, 0.2) is 51.6 Å². The normalized spacial score (nSPS) is 11.6. The molecule has 0 saturated carbocycles. The number of aromatic nitrogens is 1. The van der Waals surface area contributed by atoms with Gasteiger partial charge >= 0.3 is 0 Å². The smallest absolute Gasteiger partial charge is 0.218 e. The van der Waals surface area contributed by atoms with E-state index in [0.29, 0.717) is 5.56 Å². The van der Waals surface area contributed by atoms with Crippen LogP contribution < -0.4 is 5.73 Å². The van der Waals surface area contributed by atoms with Crippen LogP contribution in [0.3, 0.4) is 0 Å². The van der Waals surface area contributed by atoms with Gasteiger partial charge in [0.15, 0.2) is 9.34 Å². The molecule has 0 amide bonds. The molecule has 1 aromatic heterocycles. The molecule has 24 heavy (non-hydrogen) atoms. The predicted molar refractivity (Wildman–Crippen MR) is 93.6 cm³/mol. The first kappa shape index (κ1) is 16.9. The maximum Gasteiger partial charge on any atom is 0.218 e. The van der Waals surface area contributed by atoms with Crippen molar-refractivity contribution in [3.05, 3.63) is 58.9 Å². The lowest BCUT2D eigenvalue weighted by atomic mass is 10.2. The topological polar surface area (TPSA) is 73.0 Å². The van der Waals surface area contributed by atoms with E-state index in [1.54, 1.807) is 12.1 Å². The Hall–Kier alpha value is -1.96. The second kappa shape index (κ2) is 6.16. The molecular weight excluding hydrogens is 371 g/mol. The molecule has 2 aromatic carbocycles. The van der Waals surface area contributed by atoms with Crippen molar-refractivity contribution < 1.29 is 12.8 Å². The average Bonchev–Trinajstić information content (AvgIpc) is 2.90. The van der Waals surface area contributed by atoms with Gasteiger partial charge in [-0.25, -0.2) is 17.8 Å². The third-order valence-corrected chi connectivity index (χ3v) is 6.85. The summed E-state index contributed by atoms with van der Waals surface area (Å²) in [6, 6.07) is 10.2. The van der Waals surface area contributed by atoms with Crippen LogP contribution in [0.1, 0.15) is 5.56 Å². The zero-order valence-corrected chi connectivity index (χ0v) is 14.8. The van der Waals surface area contributed by atoms with Gasteiger partial charge in [-0.05, 0) is 37.3 Å². The van der Waals surface area contributed by atoms with E-state index in [-0.39, 0.29) is 25.0 Å². The highest BCUT2D eigenvalue weighted by Crippen LogP contribution is 2.39. The highest BCUT2D eigenvalue weighted by Gasteiger charge is 2.27. The minimum absolute atomic E-state index is 0.0163. The van der Waals surface area contributed by atoms with E-state index < -0.39 is 15.7 Å². The number of thiazole rings is 1. The molecule has 2 N–H and O–H groups in total. The van der Waals surface area contributed by atoms with Gasteiger partial charge in [0.25, 0.3) is 0 Å². The zero-order chi connectivity index (χ0) is 17.5. The lowest BCUT2D eigenvalue weighted by Crippen LogP contribution is -2.02. The summed E-state index contributed by atoms with van der Waals surface area (Å²) in [7, 11) is -3.82. The molecule has 0 fully saturated rings. The summed E-state index contributed by atoms with van der Waals surface area (Å²) >= 11 is 6.91. The van der Waals surface area contributed by atoms with Gasteiger partial charge in [-0.2, -0.15) is 0 Å². The van der Waals surface area contributed by atoms with Crippen LogP contribution in [-0.4, -0.2) is 13.4 Å². The number of aryl methyl sites for hydroxylation is 1. The Balaban J connectivity index is 2.21. The second-order valence-corrected chi connectivity index (χ2v) is 8.71. The Bertz CT molecular complexity index is 1020. The molecule has 0 aliphatic rings. The molecule has 8 heteroatoms. The van der Waals surface area contributed by atoms with Gasteiger partial charge in [0.2, 0.25) is 9.84 Å². The first-order valence-electron chi connectivity index (χ1n) is 6.82. The molecule has 3 rings (SSSR count). The Morgan fingerprint density at radius 1 is 1.17 bits per heavy atom. The predicted octanol–water partition coefficient (Wildman–Crippen LogP) is 4.33. The molecule has 0 saturated heterocycles. The molecule has 0 radical (unpaired) electrons. The van der Waals surface area contributed by atoms with Crippen LogP contribution in [0.25, 0.3) is 11.3 Å². The molecule has 0 unspecified atom stereocenters.